The normalized spacial score (nSPS) is 10.3. The summed E-state index contributed by atoms with van der Waals surface area (Å²) in [6.45, 7) is 0. The fraction of sp³-hybridized carbons (Fsp3) is 0.100. The van der Waals surface area contributed by atoms with Crippen molar-refractivity contribution >= 4 is 17.4 Å². The maximum absolute atomic E-state index is 5.66. The minimum absolute atomic E-state index is 0.687. The van der Waals surface area contributed by atoms with E-state index < -0.39 is 0 Å². The number of hydrogen-bond acceptors (Lipinski definition) is 4. The number of anilines is 1. The smallest absolute Gasteiger partial charge is 0.255 e. The van der Waals surface area contributed by atoms with Crippen LogP contribution in [0.2, 0.25) is 0 Å². The van der Waals surface area contributed by atoms with Gasteiger partial charge in [-0.3, -0.25) is 0 Å². The van der Waals surface area contributed by atoms with E-state index in [0.29, 0.717) is 5.22 Å². The number of rotatable bonds is 3. The van der Waals surface area contributed by atoms with Crippen molar-refractivity contribution in [2.75, 3.05) is 5.73 Å². The summed E-state index contributed by atoms with van der Waals surface area (Å²) in [5.74, 6) is 0.825. The first kappa shape index (κ1) is 9.15. The quantitative estimate of drug-likeness (QED) is 0.619. The maximum atomic E-state index is 5.66. The molecular formula is C10H10N2OS. The predicted octanol–water partition coefficient (Wildman–Crippen LogP) is 2.55. The molecule has 0 radical (unpaired) electrons. The van der Waals surface area contributed by atoms with Gasteiger partial charge in [0.2, 0.25) is 0 Å². The number of aromatic nitrogens is 1. The van der Waals surface area contributed by atoms with Gasteiger partial charge in [0.1, 0.15) is 6.26 Å². The molecule has 72 valence electrons. The molecule has 0 unspecified atom stereocenters. The van der Waals surface area contributed by atoms with E-state index in [-0.39, 0.29) is 0 Å². The molecule has 1 aromatic carbocycles. The third-order valence-corrected chi connectivity index (χ3v) is 2.65. The zero-order chi connectivity index (χ0) is 9.80. The molecule has 3 nitrogen and oxygen atoms in total. The van der Waals surface area contributed by atoms with Crippen LogP contribution in [0.5, 0.6) is 0 Å². The summed E-state index contributed by atoms with van der Waals surface area (Å²) in [7, 11) is 0. The van der Waals surface area contributed by atoms with E-state index in [1.165, 1.54) is 5.56 Å². The Labute approximate surface area is 86.3 Å². The third kappa shape index (κ3) is 2.29. The molecule has 0 fully saturated rings. The topological polar surface area (TPSA) is 52.0 Å². The lowest BCUT2D eigenvalue weighted by atomic mass is 10.2. The van der Waals surface area contributed by atoms with Crippen LogP contribution in [0, 0.1) is 0 Å². The van der Waals surface area contributed by atoms with E-state index in [1.54, 1.807) is 24.2 Å². The molecular weight excluding hydrogens is 196 g/mol. The highest BCUT2D eigenvalue weighted by atomic mass is 32.2. The van der Waals surface area contributed by atoms with Gasteiger partial charge >= 0.3 is 0 Å². The largest absolute Gasteiger partial charge is 0.440 e. The van der Waals surface area contributed by atoms with Crippen LogP contribution in [0.4, 0.5) is 5.69 Å². The molecule has 0 aliphatic rings. The number of benzene rings is 1. The third-order valence-electron chi connectivity index (χ3n) is 1.72. The van der Waals surface area contributed by atoms with Crippen LogP contribution < -0.4 is 5.73 Å². The Morgan fingerprint density at radius 3 is 3.07 bits per heavy atom. The lowest BCUT2D eigenvalue weighted by Crippen LogP contribution is -1.86. The van der Waals surface area contributed by atoms with Gasteiger partial charge in [0.25, 0.3) is 5.22 Å². The van der Waals surface area contributed by atoms with Gasteiger partial charge in [-0.15, -0.1) is 0 Å². The average Bonchev–Trinajstić information content (AvgIpc) is 2.67. The molecule has 0 aliphatic heterocycles. The Balaban J connectivity index is 1.98. The van der Waals surface area contributed by atoms with Gasteiger partial charge in [0, 0.05) is 11.4 Å². The van der Waals surface area contributed by atoms with Crippen LogP contribution >= 0.6 is 11.8 Å². The van der Waals surface area contributed by atoms with Crippen LogP contribution in [0.3, 0.4) is 0 Å². The van der Waals surface area contributed by atoms with Gasteiger partial charge in [-0.2, -0.15) is 0 Å². The van der Waals surface area contributed by atoms with E-state index in [4.69, 9.17) is 10.2 Å². The lowest BCUT2D eigenvalue weighted by molar-refractivity contribution is 0.454. The molecule has 14 heavy (non-hydrogen) atoms. The predicted molar refractivity (Wildman–Crippen MR) is 56.9 cm³/mol. The molecule has 1 heterocycles. The minimum atomic E-state index is 0.687. The Morgan fingerprint density at radius 2 is 2.36 bits per heavy atom. The highest BCUT2D eigenvalue weighted by Crippen LogP contribution is 2.21. The summed E-state index contributed by atoms with van der Waals surface area (Å²) in [5, 5.41) is 0.687. The molecule has 0 saturated heterocycles. The van der Waals surface area contributed by atoms with E-state index in [2.05, 4.69) is 4.98 Å². The molecule has 2 N–H and O–H groups in total. The number of nitrogens with zero attached hydrogens (tertiary/aromatic N) is 1. The van der Waals surface area contributed by atoms with Crippen LogP contribution in [0.1, 0.15) is 5.56 Å². The molecule has 1 aromatic heterocycles. The molecule has 2 rings (SSSR count). The second kappa shape index (κ2) is 4.19. The van der Waals surface area contributed by atoms with Gasteiger partial charge in [-0.05, 0) is 17.7 Å². The van der Waals surface area contributed by atoms with Crippen molar-refractivity contribution in [3.63, 3.8) is 0 Å². The molecule has 0 amide bonds. The number of nitrogens with two attached hydrogens (primary N) is 1. The Hall–Kier alpha value is -1.42. The summed E-state index contributed by atoms with van der Waals surface area (Å²) in [6, 6.07) is 7.81. The van der Waals surface area contributed by atoms with Crippen molar-refractivity contribution in [3.05, 3.63) is 42.3 Å². The average molecular weight is 206 g/mol. The summed E-state index contributed by atoms with van der Waals surface area (Å²) in [4.78, 5) is 4.02. The zero-order valence-corrected chi connectivity index (χ0v) is 8.33. The Kier molecular flexibility index (Phi) is 2.74. The number of thioether (sulfide) groups is 1. The van der Waals surface area contributed by atoms with Crippen molar-refractivity contribution in [2.24, 2.45) is 0 Å². The lowest BCUT2D eigenvalue weighted by Gasteiger charge is -1.99. The van der Waals surface area contributed by atoms with Gasteiger partial charge in [0.05, 0.1) is 6.20 Å². The van der Waals surface area contributed by atoms with Crippen molar-refractivity contribution in [1.29, 1.82) is 0 Å². The minimum Gasteiger partial charge on any atom is -0.440 e. The van der Waals surface area contributed by atoms with E-state index in [0.717, 1.165) is 11.4 Å². The summed E-state index contributed by atoms with van der Waals surface area (Å²) in [5.41, 5.74) is 7.62. The fourth-order valence-electron chi connectivity index (χ4n) is 1.11. The molecule has 0 bridgehead atoms. The molecule has 4 heteroatoms. The van der Waals surface area contributed by atoms with Crippen molar-refractivity contribution in [1.82, 2.24) is 4.98 Å². The summed E-state index contributed by atoms with van der Waals surface area (Å²) in [6.07, 6.45) is 3.21. The highest BCUT2D eigenvalue weighted by molar-refractivity contribution is 7.98. The van der Waals surface area contributed by atoms with Crippen molar-refractivity contribution < 1.29 is 4.42 Å². The van der Waals surface area contributed by atoms with E-state index in [9.17, 15) is 0 Å². The van der Waals surface area contributed by atoms with Crippen LogP contribution in [-0.2, 0) is 5.75 Å². The zero-order valence-electron chi connectivity index (χ0n) is 7.51. The first-order valence-electron chi connectivity index (χ1n) is 4.21. The molecule has 0 atom stereocenters. The number of oxazole rings is 1. The molecule has 0 spiro atoms. The van der Waals surface area contributed by atoms with Crippen LogP contribution in [0.25, 0.3) is 0 Å². The molecule has 0 aliphatic carbocycles. The Bertz CT molecular complexity index is 400. The van der Waals surface area contributed by atoms with Crippen molar-refractivity contribution in [3.8, 4) is 0 Å². The SMILES string of the molecule is Nc1cccc(CSc2ncco2)c1. The van der Waals surface area contributed by atoms with Crippen molar-refractivity contribution in [2.45, 2.75) is 11.0 Å². The second-order valence-electron chi connectivity index (χ2n) is 2.83. The first-order valence-corrected chi connectivity index (χ1v) is 5.20. The summed E-state index contributed by atoms with van der Waals surface area (Å²) < 4.78 is 5.11. The number of hydrogen-bond donors (Lipinski definition) is 1. The van der Waals surface area contributed by atoms with Crippen LogP contribution in [0.15, 0.2) is 46.4 Å². The second-order valence-corrected chi connectivity index (χ2v) is 3.76. The van der Waals surface area contributed by atoms with Gasteiger partial charge in [0.15, 0.2) is 0 Å². The summed E-state index contributed by atoms with van der Waals surface area (Å²) >= 11 is 1.56. The van der Waals surface area contributed by atoms with Gasteiger partial charge < -0.3 is 10.2 Å². The maximum Gasteiger partial charge on any atom is 0.255 e. The van der Waals surface area contributed by atoms with Crippen LogP contribution in [-0.4, -0.2) is 4.98 Å². The first-order chi connectivity index (χ1) is 6.84. The standard InChI is InChI=1S/C10H10N2OS/c11-9-3-1-2-8(6-9)7-14-10-12-4-5-13-10/h1-6H,7,11H2. The van der Waals surface area contributed by atoms with E-state index >= 15 is 0 Å². The molecule has 2 aromatic rings. The highest BCUT2D eigenvalue weighted by Gasteiger charge is 1.99. The fourth-order valence-corrected chi connectivity index (χ4v) is 1.84. The molecule has 0 saturated carbocycles. The number of nitrogen functional groups attached to an aromatic ring is 1. The Morgan fingerprint density at radius 1 is 1.43 bits per heavy atom. The van der Waals surface area contributed by atoms with Gasteiger partial charge in [-0.25, -0.2) is 4.98 Å². The van der Waals surface area contributed by atoms with E-state index in [1.807, 2.05) is 24.3 Å². The van der Waals surface area contributed by atoms with Gasteiger partial charge in [-0.1, -0.05) is 23.9 Å². The monoisotopic (exact) mass is 206 g/mol.